The summed E-state index contributed by atoms with van der Waals surface area (Å²) in [7, 11) is 0. The van der Waals surface area contributed by atoms with Gasteiger partial charge in [0.15, 0.2) is 0 Å². The molecule has 0 aliphatic carbocycles. The normalized spacial score (nSPS) is 10.2. The highest BCUT2D eigenvalue weighted by molar-refractivity contribution is 7.98. The number of unbranched alkanes of at least 4 members (excludes halogenated alkanes) is 2. The topological polar surface area (TPSA) is 37.0 Å². The van der Waals surface area contributed by atoms with Gasteiger partial charge < -0.3 is 10.6 Å². The Balaban J connectivity index is 2.19. The van der Waals surface area contributed by atoms with E-state index in [0.29, 0.717) is 0 Å². The smallest absolute Gasteiger partial charge is 0.127 e. The first kappa shape index (κ1) is 14.2. The Morgan fingerprint density at radius 2 is 2.12 bits per heavy atom. The van der Waals surface area contributed by atoms with Crippen LogP contribution in [0.1, 0.15) is 26.2 Å². The second-order valence-electron chi connectivity index (χ2n) is 3.94. The lowest BCUT2D eigenvalue weighted by Gasteiger charge is -2.08. The molecule has 1 aromatic heterocycles. The molecule has 0 saturated heterocycles. The maximum absolute atomic E-state index is 4.24. The number of hydrogen-bond acceptors (Lipinski definition) is 4. The van der Waals surface area contributed by atoms with Crippen LogP contribution in [-0.4, -0.2) is 30.1 Å². The van der Waals surface area contributed by atoms with E-state index in [1.807, 2.05) is 24.0 Å². The summed E-state index contributed by atoms with van der Waals surface area (Å²) in [6.07, 6.45) is 7.87. The number of anilines is 2. The van der Waals surface area contributed by atoms with E-state index in [4.69, 9.17) is 0 Å². The molecule has 1 rings (SSSR count). The second-order valence-corrected chi connectivity index (χ2v) is 4.93. The van der Waals surface area contributed by atoms with Crippen molar-refractivity contribution >= 4 is 23.3 Å². The zero-order valence-electron chi connectivity index (χ0n) is 10.8. The van der Waals surface area contributed by atoms with Crippen LogP contribution in [0, 0.1) is 0 Å². The third kappa shape index (κ3) is 6.41. The minimum Gasteiger partial charge on any atom is -0.385 e. The Bertz CT molecular complexity index is 304. The van der Waals surface area contributed by atoms with Crippen molar-refractivity contribution < 1.29 is 0 Å². The van der Waals surface area contributed by atoms with Gasteiger partial charge >= 0.3 is 0 Å². The van der Waals surface area contributed by atoms with Crippen LogP contribution in [0.4, 0.5) is 11.5 Å². The molecule has 1 aromatic rings. The molecule has 4 heteroatoms. The SMILES string of the molecule is CCNc1cc(NCCCCCSC)ccn1. The van der Waals surface area contributed by atoms with Crippen molar-refractivity contribution in [2.45, 2.75) is 26.2 Å². The lowest BCUT2D eigenvalue weighted by Crippen LogP contribution is -2.04. The van der Waals surface area contributed by atoms with Crippen LogP contribution >= 0.6 is 11.8 Å². The van der Waals surface area contributed by atoms with Gasteiger partial charge in [-0.05, 0) is 37.8 Å². The number of rotatable bonds is 9. The second kappa shape index (κ2) is 9.16. The van der Waals surface area contributed by atoms with Gasteiger partial charge in [-0.15, -0.1) is 0 Å². The molecule has 0 atom stereocenters. The van der Waals surface area contributed by atoms with Crippen molar-refractivity contribution in [3.63, 3.8) is 0 Å². The lowest BCUT2D eigenvalue weighted by molar-refractivity contribution is 0.750. The third-order valence-electron chi connectivity index (χ3n) is 2.47. The summed E-state index contributed by atoms with van der Waals surface area (Å²) in [6, 6.07) is 4.08. The van der Waals surface area contributed by atoms with Crippen LogP contribution in [0.2, 0.25) is 0 Å². The van der Waals surface area contributed by atoms with Crippen LogP contribution in [0.5, 0.6) is 0 Å². The fourth-order valence-electron chi connectivity index (χ4n) is 1.60. The molecule has 1 heterocycles. The van der Waals surface area contributed by atoms with Crippen LogP contribution in [0.25, 0.3) is 0 Å². The van der Waals surface area contributed by atoms with E-state index in [0.717, 1.165) is 24.6 Å². The Kier molecular flexibility index (Phi) is 7.63. The van der Waals surface area contributed by atoms with Gasteiger partial charge in [-0.2, -0.15) is 11.8 Å². The Morgan fingerprint density at radius 3 is 2.88 bits per heavy atom. The number of thioether (sulfide) groups is 1. The number of pyridine rings is 1. The van der Waals surface area contributed by atoms with E-state index in [-0.39, 0.29) is 0 Å². The minimum atomic E-state index is 0.908. The molecule has 0 fully saturated rings. The molecule has 0 saturated carbocycles. The van der Waals surface area contributed by atoms with Crippen LogP contribution in [0.3, 0.4) is 0 Å². The van der Waals surface area contributed by atoms with Crippen molar-refractivity contribution in [2.75, 3.05) is 35.7 Å². The molecular formula is C13H23N3S. The Hall–Kier alpha value is -0.900. The van der Waals surface area contributed by atoms with Crippen molar-refractivity contribution in [2.24, 2.45) is 0 Å². The first-order valence-electron chi connectivity index (χ1n) is 6.29. The third-order valence-corrected chi connectivity index (χ3v) is 3.17. The molecule has 0 spiro atoms. The zero-order chi connectivity index (χ0) is 12.3. The van der Waals surface area contributed by atoms with Crippen molar-refractivity contribution in [1.29, 1.82) is 0 Å². The fourth-order valence-corrected chi connectivity index (χ4v) is 2.09. The van der Waals surface area contributed by atoms with Gasteiger partial charge in [0.25, 0.3) is 0 Å². The average molecular weight is 253 g/mol. The average Bonchev–Trinajstić information content (AvgIpc) is 2.35. The highest BCUT2D eigenvalue weighted by Crippen LogP contribution is 2.12. The predicted molar refractivity (Wildman–Crippen MR) is 79.1 cm³/mol. The molecular weight excluding hydrogens is 230 g/mol. The monoisotopic (exact) mass is 253 g/mol. The first-order chi connectivity index (χ1) is 8.36. The van der Waals surface area contributed by atoms with Gasteiger partial charge in [-0.3, -0.25) is 0 Å². The first-order valence-corrected chi connectivity index (χ1v) is 7.69. The van der Waals surface area contributed by atoms with Gasteiger partial charge in [0.1, 0.15) is 5.82 Å². The minimum absolute atomic E-state index is 0.908. The maximum Gasteiger partial charge on any atom is 0.127 e. The Labute approximate surface area is 109 Å². The van der Waals surface area contributed by atoms with Crippen LogP contribution < -0.4 is 10.6 Å². The summed E-state index contributed by atoms with van der Waals surface area (Å²) >= 11 is 1.93. The number of hydrogen-bond donors (Lipinski definition) is 2. The van der Waals surface area contributed by atoms with Crippen LogP contribution in [0.15, 0.2) is 18.3 Å². The highest BCUT2D eigenvalue weighted by Gasteiger charge is 1.95. The predicted octanol–water partition coefficient (Wildman–Crippen LogP) is 3.46. The quantitative estimate of drug-likeness (QED) is 0.661. The molecule has 2 N–H and O–H groups in total. The van der Waals surface area contributed by atoms with E-state index in [2.05, 4.69) is 34.9 Å². The van der Waals surface area contributed by atoms with Gasteiger partial charge in [0.05, 0.1) is 0 Å². The zero-order valence-corrected chi connectivity index (χ0v) is 11.6. The summed E-state index contributed by atoms with van der Waals surface area (Å²) in [4.78, 5) is 4.24. The van der Waals surface area contributed by atoms with Crippen molar-refractivity contribution in [3.05, 3.63) is 18.3 Å². The van der Waals surface area contributed by atoms with E-state index >= 15 is 0 Å². The van der Waals surface area contributed by atoms with Gasteiger partial charge in [-0.1, -0.05) is 6.42 Å². The van der Waals surface area contributed by atoms with E-state index in [1.165, 1.54) is 25.0 Å². The maximum atomic E-state index is 4.24. The number of nitrogens with one attached hydrogen (secondary N) is 2. The van der Waals surface area contributed by atoms with Gasteiger partial charge in [-0.25, -0.2) is 4.98 Å². The summed E-state index contributed by atoms with van der Waals surface area (Å²) in [5, 5.41) is 6.65. The molecule has 0 aromatic carbocycles. The molecule has 0 amide bonds. The van der Waals surface area contributed by atoms with Crippen molar-refractivity contribution in [3.8, 4) is 0 Å². The van der Waals surface area contributed by atoms with Gasteiger partial charge in [0.2, 0.25) is 0 Å². The van der Waals surface area contributed by atoms with Crippen LogP contribution in [-0.2, 0) is 0 Å². The summed E-state index contributed by atoms with van der Waals surface area (Å²) in [5.41, 5.74) is 1.15. The van der Waals surface area contributed by atoms with E-state index < -0.39 is 0 Å². The standard InChI is InChI=1S/C13H23N3S/c1-3-14-13-11-12(7-9-16-13)15-8-5-4-6-10-17-2/h7,9,11H,3-6,8,10H2,1-2H3,(H2,14,15,16). The largest absolute Gasteiger partial charge is 0.385 e. The molecule has 0 bridgehead atoms. The Morgan fingerprint density at radius 1 is 1.24 bits per heavy atom. The molecule has 0 radical (unpaired) electrons. The lowest BCUT2D eigenvalue weighted by atomic mass is 10.2. The summed E-state index contributed by atoms with van der Waals surface area (Å²) < 4.78 is 0. The molecule has 0 unspecified atom stereocenters. The molecule has 17 heavy (non-hydrogen) atoms. The molecule has 96 valence electrons. The summed E-state index contributed by atoms with van der Waals surface area (Å²) in [6.45, 7) is 4.03. The molecule has 0 aliphatic heterocycles. The number of aromatic nitrogens is 1. The van der Waals surface area contributed by atoms with Gasteiger partial charge in [0, 0.05) is 31.0 Å². The van der Waals surface area contributed by atoms with E-state index in [9.17, 15) is 0 Å². The fraction of sp³-hybridized carbons (Fsp3) is 0.615. The number of nitrogens with zero attached hydrogens (tertiary/aromatic N) is 1. The highest BCUT2D eigenvalue weighted by atomic mass is 32.2. The van der Waals surface area contributed by atoms with E-state index in [1.54, 1.807) is 0 Å². The molecule has 3 nitrogen and oxygen atoms in total. The summed E-state index contributed by atoms with van der Waals surface area (Å²) in [5.74, 6) is 2.22. The van der Waals surface area contributed by atoms with Crippen molar-refractivity contribution in [1.82, 2.24) is 4.98 Å². The molecule has 0 aliphatic rings.